The topological polar surface area (TPSA) is 50.4 Å². The largest absolute Gasteiger partial charge is 0.495 e. The molecule has 1 amide bonds. The normalized spacial score (nSPS) is 10.0. The van der Waals surface area contributed by atoms with Crippen molar-refractivity contribution >= 4 is 33.2 Å². The molecule has 21 heavy (non-hydrogen) atoms. The van der Waals surface area contributed by atoms with Gasteiger partial charge in [0.05, 0.1) is 19.3 Å². The van der Waals surface area contributed by atoms with Crippen LogP contribution in [0.3, 0.4) is 0 Å². The summed E-state index contributed by atoms with van der Waals surface area (Å²) in [6, 6.07) is 13.2. The molecule has 0 radical (unpaired) electrons. The molecule has 0 aliphatic rings. The molecule has 0 saturated carbocycles. The zero-order chi connectivity index (χ0) is 15.2. The van der Waals surface area contributed by atoms with Crippen molar-refractivity contribution in [1.29, 1.82) is 0 Å². The number of hydrogen-bond acceptors (Lipinski definition) is 3. The molecular formula is C16H17BrN2O2. The van der Waals surface area contributed by atoms with E-state index >= 15 is 0 Å². The van der Waals surface area contributed by atoms with Crippen molar-refractivity contribution in [2.45, 2.75) is 6.92 Å². The highest BCUT2D eigenvalue weighted by Gasteiger charge is 2.08. The van der Waals surface area contributed by atoms with E-state index in [2.05, 4.69) is 26.6 Å². The zero-order valence-electron chi connectivity index (χ0n) is 11.9. The van der Waals surface area contributed by atoms with E-state index in [9.17, 15) is 4.79 Å². The van der Waals surface area contributed by atoms with E-state index in [4.69, 9.17) is 4.74 Å². The second-order valence-electron chi connectivity index (χ2n) is 4.54. The van der Waals surface area contributed by atoms with Gasteiger partial charge in [-0.15, -0.1) is 0 Å². The SMILES string of the molecule is COc1ccccc1NC(=O)CNc1cccc(C)c1Br. The van der Waals surface area contributed by atoms with Gasteiger partial charge in [-0.2, -0.15) is 0 Å². The number of benzene rings is 2. The molecule has 0 aliphatic heterocycles. The van der Waals surface area contributed by atoms with Crippen LogP contribution in [0.5, 0.6) is 5.75 Å². The fourth-order valence-corrected chi connectivity index (χ4v) is 2.31. The van der Waals surface area contributed by atoms with Crippen LogP contribution in [0.25, 0.3) is 0 Å². The maximum absolute atomic E-state index is 12.0. The van der Waals surface area contributed by atoms with Crippen molar-refractivity contribution in [2.75, 3.05) is 24.3 Å². The Labute approximate surface area is 132 Å². The minimum absolute atomic E-state index is 0.132. The number of hydrogen-bond donors (Lipinski definition) is 2. The van der Waals surface area contributed by atoms with E-state index in [1.807, 2.05) is 37.3 Å². The number of anilines is 2. The predicted octanol–water partition coefficient (Wildman–Crippen LogP) is 3.82. The lowest BCUT2D eigenvalue weighted by molar-refractivity contribution is -0.114. The van der Waals surface area contributed by atoms with Crippen LogP contribution in [0.1, 0.15) is 5.56 Å². The predicted molar refractivity (Wildman–Crippen MR) is 89.0 cm³/mol. The molecule has 0 unspecified atom stereocenters. The smallest absolute Gasteiger partial charge is 0.243 e. The summed E-state index contributed by atoms with van der Waals surface area (Å²) >= 11 is 3.51. The van der Waals surface area contributed by atoms with Crippen molar-refractivity contribution in [3.05, 3.63) is 52.5 Å². The number of nitrogens with one attached hydrogen (secondary N) is 2. The van der Waals surface area contributed by atoms with Crippen LogP contribution in [0, 0.1) is 6.92 Å². The summed E-state index contributed by atoms with van der Waals surface area (Å²) in [6.07, 6.45) is 0. The molecule has 2 aromatic rings. The Kier molecular flexibility index (Phi) is 5.22. The fraction of sp³-hybridized carbons (Fsp3) is 0.188. The molecule has 0 fully saturated rings. The Morgan fingerprint density at radius 3 is 2.62 bits per heavy atom. The molecule has 2 rings (SSSR count). The Morgan fingerprint density at radius 1 is 1.14 bits per heavy atom. The summed E-state index contributed by atoms with van der Waals surface area (Å²) in [5.74, 6) is 0.510. The number of para-hydroxylation sites is 2. The van der Waals surface area contributed by atoms with Crippen LogP contribution < -0.4 is 15.4 Å². The number of rotatable bonds is 5. The number of aryl methyl sites for hydroxylation is 1. The molecule has 0 saturated heterocycles. The summed E-state index contributed by atoms with van der Waals surface area (Å²) in [5, 5.41) is 5.94. The van der Waals surface area contributed by atoms with Crippen LogP contribution in [-0.2, 0) is 4.79 Å². The number of methoxy groups -OCH3 is 1. The van der Waals surface area contributed by atoms with Crippen molar-refractivity contribution in [2.24, 2.45) is 0 Å². The number of halogens is 1. The van der Waals surface area contributed by atoms with Gasteiger partial charge in [-0.1, -0.05) is 24.3 Å². The second-order valence-corrected chi connectivity index (χ2v) is 5.33. The molecule has 110 valence electrons. The summed E-state index contributed by atoms with van der Waals surface area (Å²) in [7, 11) is 1.58. The summed E-state index contributed by atoms with van der Waals surface area (Å²) in [4.78, 5) is 12.0. The summed E-state index contributed by atoms with van der Waals surface area (Å²) < 4.78 is 6.17. The lowest BCUT2D eigenvalue weighted by Crippen LogP contribution is -2.22. The van der Waals surface area contributed by atoms with Gasteiger partial charge in [0.15, 0.2) is 0 Å². The van der Waals surface area contributed by atoms with Gasteiger partial charge in [-0.3, -0.25) is 4.79 Å². The van der Waals surface area contributed by atoms with E-state index in [0.29, 0.717) is 11.4 Å². The summed E-state index contributed by atoms with van der Waals surface area (Å²) in [6.45, 7) is 2.18. The van der Waals surface area contributed by atoms with Gasteiger partial charge < -0.3 is 15.4 Å². The van der Waals surface area contributed by atoms with Crippen molar-refractivity contribution in [3.8, 4) is 5.75 Å². The molecule has 0 aromatic heterocycles. The molecule has 5 heteroatoms. The monoisotopic (exact) mass is 348 g/mol. The lowest BCUT2D eigenvalue weighted by atomic mass is 10.2. The first-order valence-corrected chi connectivity index (χ1v) is 7.33. The molecule has 0 aliphatic carbocycles. The molecule has 4 nitrogen and oxygen atoms in total. The molecule has 0 spiro atoms. The van der Waals surface area contributed by atoms with Crippen LogP contribution in [0.15, 0.2) is 46.9 Å². The molecule has 0 bridgehead atoms. The zero-order valence-corrected chi connectivity index (χ0v) is 13.5. The Morgan fingerprint density at radius 2 is 1.86 bits per heavy atom. The van der Waals surface area contributed by atoms with Crippen LogP contribution in [0.4, 0.5) is 11.4 Å². The van der Waals surface area contributed by atoms with Gasteiger partial charge in [0.25, 0.3) is 0 Å². The number of amides is 1. The van der Waals surface area contributed by atoms with Crippen LogP contribution >= 0.6 is 15.9 Å². The first-order valence-electron chi connectivity index (χ1n) is 6.53. The number of ether oxygens (including phenoxy) is 1. The van der Waals surface area contributed by atoms with E-state index in [0.717, 1.165) is 15.7 Å². The van der Waals surface area contributed by atoms with Crippen molar-refractivity contribution in [3.63, 3.8) is 0 Å². The van der Waals surface area contributed by atoms with E-state index in [-0.39, 0.29) is 12.5 Å². The molecular weight excluding hydrogens is 332 g/mol. The Balaban J connectivity index is 1.98. The number of carbonyl (C=O) groups excluding carboxylic acids is 1. The average molecular weight is 349 g/mol. The van der Waals surface area contributed by atoms with E-state index < -0.39 is 0 Å². The highest BCUT2D eigenvalue weighted by molar-refractivity contribution is 9.10. The second kappa shape index (κ2) is 7.13. The van der Waals surface area contributed by atoms with E-state index in [1.54, 1.807) is 19.2 Å². The lowest BCUT2D eigenvalue weighted by Gasteiger charge is -2.12. The Hall–Kier alpha value is -2.01. The van der Waals surface area contributed by atoms with Gasteiger partial charge in [-0.25, -0.2) is 0 Å². The van der Waals surface area contributed by atoms with Gasteiger partial charge in [0.1, 0.15) is 5.75 Å². The molecule has 2 aromatic carbocycles. The molecule has 0 atom stereocenters. The third-order valence-electron chi connectivity index (χ3n) is 3.01. The van der Waals surface area contributed by atoms with Gasteiger partial charge in [-0.05, 0) is 46.6 Å². The quantitative estimate of drug-likeness (QED) is 0.863. The highest BCUT2D eigenvalue weighted by atomic mass is 79.9. The first kappa shape index (κ1) is 15.4. The van der Waals surface area contributed by atoms with Crippen LogP contribution in [-0.4, -0.2) is 19.6 Å². The maximum atomic E-state index is 12.0. The minimum atomic E-state index is -0.132. The highest BCUT2D eigenvalue weighted by Crippen LogP contribution is 2.26. The summed E-state index contributed by atoms with van der Waals surface area (Å²) in [5.41, 5.74) is 2.67. The molecule has 2 N–H and O–H groups in total. The van der Waals surface area contributed by atoms with Gasteiger partial charge >= 0.3 is 0 Å². The standard InChI is InChI=1S/C16H17BrN2O2/c1-11-6-5-8-13(16(11)17)18-10-15(20)19-12-7-3-4-9-14(12)21-2/h3-9,18H,10H2,1-2H3,(H,19,20). The maximum Gasteiger partial charge on any atom is 0.243 e. The fourth-order valence-electron chi connectivity index (χ4n) is 1.90. The Bertz CT molecular complexity index is 644. The minimum Gasteiger partial charge on any atom is -0.495 e. The van der Waals surface area contributed by atoms with Crippen LogP contribution in [0.2, 0.25) is 0 Å². The third kappa shape index (κ3) is 3.98. The van der Waals surface area contributed by atoms with Gasteiger partial charge in [0, 0.05) is 10.2 Å². The number of carbonyl (C=O) groups is 1. The van der Waals surface area contributed by atoms with Crippen molar-refractivity contribution in [1.82, 2.24) is 0 Å². The molecule has 0 heterocycles. The first-order chi connectivity index (χ1) is 10.1. The average Bonchev–Trinajstić information content (AvgIpc) is 2.49. The van der Waals surface area contributed by atoms with Crippen molar-refractivity contribution < 1.29 is 9.53 Å². The third-order valence-corrected chi connectivity index (χ3v) is 4.06. The van der Waals surface area contributed by atoms with E-state index in [1.165, 1.54) is 0 Å². The van der Waals surface area contributed by atoms with Gasteiger partial charge in [0.2, 0.25) is 5.91 Å².